The lowest BCUT2D eigenvalue weighted by molar-refractivity contribution is -0.144. The first kappa shape index (κ1) is 20.1. The SMILES string of the molecule is CNC(=O)C1CN(Cc2ccccc2)CCN1C(=O)CCc1nc2ccccc2[nH]1. The van der Waals surface area contributed by atoms with Crippen molar-refractivity contribution in [2.75, 3.05) is 26.7 Å². The van der Waals surface area contributed by atoms with E-state index < -0.39 is 6.04 Å². The lowest BCUT2D eigenvalue weighted by atomic mass is 10.1. The molecule has 1 unspecified atom stereocenters. The van der Waals surface area contributed by atoms with Crippen LogP contribution < -0.4 is 5.32 Å². The van der Waals surface area contributed by atoms with Crippen LogP contribution in [0.1, 0.15) is 17.8 Å². The first-order valence-electron chi connectivity index (χ1n) is 10.3. The molecular formula is C23H27N5O2. The number of fused-ring (bicyclic) bond motifs is 1. The van der Waals surface area contributed by atoms with Crippen molar-refractivity contribution in [3.05, 3.63) is 66.0 Å². The molecule has 0 saturated carbocycles. The molecule has 30 heavy (non-hydrogen) atoms. The number of likely N-dealkylation sites (N-methyl/N-ethyl adjacent to an activating group) is 1. The molecule has 7 nitrogen and oxygen atoms in total. The second-order valence-electron chi connectivity index (χ2n) is 7.64. The standard InChI is InChI=1S/C23H27N5O2/c1-24-23(30)20-16-27(15-17-7-3-2-4-8-17)13-14-28(20)22(29)12-11-21-25-18-9-5-6-10-19(18)26-21/h2-10,20H,11-16H2,1H3,(H,24,30)(H,25,26). The predicted molar refractivity (Wildman–Crippen MR) is 116 cm³/mol. The average molecular weight is 406 g/mol. The number of carbonyl (C=O) groups excluding carboxylic acids is 2. The van der Waals surface area contributed by atoms with Gasteiger partial charge in [0.2, 0.25) is 11.8 Å². The van der Waals surface area contributed by atoms with Crippen LogP contribution in [0.25, 0.3) is 11.0 Å². The summed E-state index contributed by atoms with van der Waals surface area (Å²) in [5.74, 6) is 0.664. The summed E-state index contributed by atoms with van der Waals surface area (Å²) in [5.41, 5.74) is 3.08. The summed E-state index contributed by atoms with van der Waals surface area (Å²) in [5, 5.41) is 2.72. The van der Waals surface area contributed by atoms with Gasteiger partial charge in [-0.2, -0.15) is 0 Å². The lowest BCUT2D eigenvalue weighted by Crippen LogP contribution is -2.60. The maximum absolute atomic E-state index is 13.0. The summed E-state index contributed by atoms with van der Waals surface area (Å²) in [4.78, 5) is 37.3. The molecule has 0 spiro atoms. The lowest BCUT2D eigenvalue weighted by Gasteiger charge is -2.40. The zero-order valence-corrected chi connectivity index (χ0v) is 17.2. The zero-order valence-electron chi connectivity index (χ0n) is 17.2. The first-order valence-corrected chi connectivity index (χ1v) is 10.3. The van der Waals surface area contributed by atoms with Gasteiger partial charge in [-0.15, -0.1) is 0 Å². The third-order valence-electron chi connectivity index (χ3n) is 5.60. The van der Waals surface area contributed by atoms with Crippen molar-refractivity contribution in [1.29, 1.82) is 0 Å². The number of benzene rings is 2. The summed E-state index contributed by atoms with van der Waals surface area (Å²) in [6.07, 6.45) is 0.851. The fourth-order valence-electron chi connectivity index (χ4n) is 4.01. The number of aromatic nitrogens is 2. The number of amides is 2. The minimum absolute atomic E-state index is 0.0107. The van der Waals surface area contributed by atoms with E-state index in [0.29, 0.717) is 25.9 Å². The number of rotatable bonds is 6. The summed E-state index contributed by atoms with van der Waals surface area (Å²) in [6.45, 7) is 2.60. The topological polar surface area (TPSA) is 81.3 Å². The van der Waals surface area contributed by atoms with E-state index in [0.717, 1.165) is 29.9 Å². The number of H-pyrrole nitrogens is 1. The van der Waals surface area contributed by atoms with E-state index in [4.69, 9.17) is 0 Å². The fourth-order valence-corrected chi connectivity index (χ4v) is 4.01. The van der Waals surface area contributed by atoms with Crippen molar-refractivity contribution < 1.29 is 9.59 Å². The normalized spacial score (nSPS) is 17.2. The van der Waals surface area contributed by atoms with E-state index in [1.807, 2.05) is 42.5 Å². The molecule has 1 aromatic heterocycles. The van der Waals surface area contributed by atoms with Gasteiger partial charge in [0.05, 0.1) is 11.0 Å². The molecule has 0 bridgehead atoms. The van der Waals surface area contributed by atoms with Crippen molar-refractivity contribution in [3.63, 3.8) is 0 Å². The number of hydrogen-bond acceptors (Lipinski definition) is 4. The largest absolute Gasteiger partial charge is 0.357 e. The molecule has 2 N–H and O–H groups in total. The second kappa shape index (κ2) is 9.09. The number of hydrogen-bond donors (Lipinski definition) is 2. The highest BCUT2D eigenvalue weighted by molar-refractivity contribution is 5.88. The second-order valence-corrected chi connectivity index (χ2v) is 7.64. The van der Waals surface area contributed by atoms with Crippen molar-refractivity contribution in [2.45, 2.75) is 25.4 Å². The molecule has 2 amide bonds. The Bertz CT molecular complexity index is 984. The summed E-state index contributed by atoms with van der Waals surface area (Å²) < 4.78 is 0. The van der Waals surface area contributed by atoms with Gasteiger partial charge in [-0.3, -0.25) is 14.5 Å². The van der Waals surface area contributed by atoms with Crippen LogP contribution in [0, 0.1) is 0 Å². The number of piperazine rings is 1. The van der Waals surface area contributed by atoms with Gasteiger partial charge in [0.25, 0.3) is 0 Å². The van der Waals surface area contributed by atoms with E-state index in [1.54, 1.807) is 11.9 Å². The number of nitrogens with zero attached hydrogens (tertiary/aromatic N) is 3. The number of imidazole rings is 1. The number of carbonyl (C=O) groups is 2. The van der Waals surface area contributed by atoms with Crippen LogP contribution in [0.5, 0.6) is 0 Å². The van der Waals surface area contributed by atoms with Crippen molar-refractivity contribution in [3.8, 4) is 0 Å². The first-order chi connectivity index (χ1) is 14.6. The van der Waals surface area contributed by atoms with Crippen molar-refractivity contribution in [1.82, 2.24) is 25.1 Å². The van der Waals surface area contributed by atoms with Crippen LogP contribution in [-0.2, 0) is 22.6 Å². The molecule has 1 fully saturated rings. The Balaban J connectivity index is 1.39. The van der Waals surface area contributed by atoms with Crippen LogP contribution in [0.4, 0.5) is 0 Å². The Morgan fingerprint density at radius 2 is 1.87 bits per heavy atom. The minimum atomic E-state index is -0.476. The third-order valence-corrected chi connectivity index (χ3v) is 5.60. The molecule has 156 valence electrons. The number of nitrogens with one attached hydrogen (secondary N) is 2. The van der Waals surface area contributed by atoms with Crippen molar-refractivity contribution in [2.24, 2.45) is 0 Å². The van der Waals surface area contributed by atoms with Gasteiger partial charge in [0.1, 0.15) is 11.9 Å². The third kappa shape index (κ3) is 4.52. The molecule has 2 aromatic carbocycles. The van der Waals surface area contributed by atoms with E-state index in [-0.39, 0.29) is 11.8 Å². The van der Waals surface area contributed by atoms with E-state index in [1.165, 1.54) is 5.56 Å². The highest BCUT2D eigenvalue weighted by Gasteiger charge is 2.34. The molecule has 1 atom stereocenters. The maximum Gasteiger partial charge on any atom is 0.243 e. The highest BCUT2D eigenvalue weighted by Crippen LogP contribution is 2.17. The van der Waals surface area contributed by atoms with Gasteiger partial charge in [-0.05, 0) is 17.7 Å². The van der Waals surface area contributed by atoms with Gasteiger partial charge in [0.15, 0.2) is 0 Å². The minimum Gasteiger partial charge on any atom is -0.357 e. The van der Waals surface area contributed by atoms with E-state index in [9.17, 15) is 9.59 Å². The fraction of sp³-hybridized carbons (Fsp3) is 0.348. The molecule has 7 heteroatoms. The van der Waals surface area contributed by atoms with Crippen LogP contribution >= 0.6 is 0 Å². The molecule has 1 saturated heterocycles. The van der Waals surface area contributed by atoms with Gasteiger partial charge < -0.3 is 15.2 Å². The van der Waals surface area contributed by atoms with Gasteiger partial charge in [-0.25, -0.2) is 4.98 Å². The Hall–Kier alpha value is -3.19. The highest BCUT2D eigenvalue weighted by atomic mass is 16.2. The van der Waals surface area contributed by atoms with Gasteiger partial charge in [0, 0.05) is 46.1 Å². The average Bonchev–Trinajstić information content (AvgIpc) is 3.20. The zero-order chi connectivity index (χ0) is 20.9. The number of para-hydroxylation sites is 2. The van der Waals surface area contributed by atoms with Crippen molar-refractivity contribution >= 4 is 22.8 Å². The molecule has 1 aliphatic heterocycles. The van der Waals surface area contributed by atoms with Crippen LogP contribution in [0.3, 0.4) is 0 Å². The molecule has 4 rings (SSSR count). The van der Waals surface area contributed by atoms with Crippen LogP contribution in [-0.4, -0.2) is 64.3 Å². The molecular weight excluding hydrogens is 378 g/mol. The van der Waals surface area contributed by atoms with Crippen LogP contribution in [0.2, 0.25) is 0 Å². The summed E-state index contributed by atoms with van der Waals surface area (Å²) in [7, 11) is 1.62. The van der Waals surface area contributed by atoms with Crippen LogP contribution in [0.15, 0.2) is 54.6 Å². The Kier molecular flexibility index (Phi) is 6.09. The molecule has 0 radical (unpaired) electrons. The smallest absolute Gasteiger partial charge is 0.243 e. The maximum atomic E-state index is 13.0. The van der Waals surface area contributed by atoms with E-state index >= 15 is 0 Å². The quantitative estimate of drug-likeness (QED) is 0.657. The Morgan fingerprint density at radius 3 is 2.63 bits per heavy atom. The van der Waals surface area contributed by atoms with Gasteiger partial charge in [-0.1, -0.05) is 42.5 Å². The molecule has 3 aromatic rings. The van der Waals surface area contributed by atoms with Gasteiger partial charge >= 0.3 is 0 Å². The Morgan fingerprint density at radius 1 is 1.10 bits per heavy atom. The number of aromatic amines is 1. The summed E-state index contributed by atoms with van der Waals surface area (Å²) in [6, 6.07) is 17.5. The molecule has 0 aliphatic carbocycles. The van der Waals surface area contributed by atoms with E-state index in [2.05, 4.69) is 32.3 Å². The molecule has 2 heterocycles. The predicted octanol–water partition coefficient (Wildman–Crippen LogP) is 1.95. The number of aryl methyl sites for hydroxylation is 1. The monoisotopic (exact) mass is 405 g/mol. The Labute approximate surface area is 176 Å². The summed E-state index contributed by atoms with van der Waals surface area (Å²) >= 11 is 0. The molecule has 1 aliphatic rings.